The minimum absolute atomic E-state index is 0.0530. The molecule has 2 aliphatic rings. The van der Waals surface area contributed by atoms with Gasteiger partial charge in [0.2, 0.25) is 5.91 Å². The van der Waals surface area contributed by atoms with Crippen LogP contribution in [0.4, 0.5) is 4.79 Å². The van der Waals surface area contributed by atoms with E-state index in [-0.39, 0.29) is 24.0 Å². The molecule has 1 unspecified atom stereocenters. The van der Waals surface area contributed by atoms with E-state index >= 15 is 0 Å². The van der Waals surface area contributed by atoms with Crippen molar-refractivity contribution in [2.24, 2.45) is 17.8 Å². The van der Waals surface area contributed by atoms with E-state index in [0.29, 0.717) is 18.4 Å². The maximum absolute atomic E-state index is 13.8. The summed E-state index contributed by atoms with van der Waals surface area (Å²) in [6.07, 6.45) is 5.17. The van der Waals surface area contributed by atoms with Gasteiger partial charge in [0, 0.05) is 37.1 Å². The number of rotatable bonds is 5. The first-order valence-electron chi connectivity index (χ1n) is 13.5. The maximum atomic E-state index is 13.8. The van der Waals surface area contributed by atoms with Crippen molar-refractivity contribution in [2.75, 3.05) is 20.1 Å². The fourth-order valence-corrected chi connectivity index (χ4v) is 6.16. The number of aromatic nitrogens is 1. The molecule has 198 valence electrons. The number of nitrogens with one attached hydrogen (secondary N) is 1. The van der Waals surface area contributed by atoms with Crippen molar-refractivity contribution in [1.82, 2.24) is 14.8 Å². The summed E-state index contributed by atoms with van der Waals surface area (Å²) in [6, 6.07) is 6.12. The van der Waals surface area contributed by atoms with Crippen LogP contribution in [0.15, 0.2) is 18.2 Å². The van der Waals surface area contributed by atoms with Crippen LogP contribution in [0.2, 0.25) is 5.02 Å². The molecule has 4 rings (SSSR count). The van der Waals surface area contributed by atoms with Crippen LogP contribution >= 0.6 is 11.6 Å². The summed E-state index contributed by atoms with van der Waals surface area (Å²) >= 11 is 6.51. The Bertz CT molecular complexity index is 1100. The van der Waals surface area contributed by atoms with Gasteiger partial charge in [-0.25, -0.2) is 4.79 Å². The minimum Gasteiger partial charge on any atom is -0.444 e. The number of hydrogen-bond acceptors (Lipinski definition) is 3. The lowest BCUT2D eigenvalue weighted by Crippen LogP contribution is -2.45. The van der Waals surface area contributed by atoms with Gasteiger partial charge in [-0.05, 0) is 82.8 Å². The number of carbonyl (C=O) groups excluding carboxylic acids is 2. The van der Waals surface area contributed by atoms with E-state index in [1.165, 1.54) is 16.6 Å². The van der Waals surface area contributed by atoms with Gasteiger partial charge in [0.1, 0.15) is 5.60 Å². The Kier molecular flexibility index (Phi) is 7.94. The lowest BCUT2D eigenvalue weighted by atomic mass is 9.80. The molecule has 1 aliphatic carbocycles. The molecule has 1 saturated carbocycles. The Morgan fingerprint density at radius 2 is 1.89 bits per heavy atom. The average Bonchev–Trinajstić information content (AvgIpc) is 3.18. The predicted molar refractivity (Wildman–Crippen MR) is 145 cm³/mol. The summed E-state index contributed by atoms with van der Waals surface area (Å²) in [5.74, 6) is 1.21. The number of nitrogens with zero attached hydrogens (tertiary/aromatic N) is 2. The molecule has 0 bridgehead atoms. The summed E-state index contributed by atoms with van der Waals surface area (Å²) in [4.78, 5) is 33.6. The van der Waals surface area contributed by atoms with Gasteiger partial charge in [0.15, 0.2) is 0 Å². The number of ether oxygens (including phenoxy) is 1. The zero-order chi connectivity index (χ0) is 26.2. The molecule has 2 heterocycles. The fourth-order valence-electron chi connectivity index (χ4n) is 5.94. The summed E-state index contributed by atoms with van der Waals surface area (Å²) in [7, 11) is 1.81. The number of fused-ring (bicyclic) bond motifs is 3. The maximum Gasteiger partial charge on any atom is 0.410 e. The molecule has 1 atom stereocenters. The SMILES string of the molecule is CC(C)CC1c2[nH]c3c(Cl)cccc3c2CCN1C(=O)C1CCC(CN(C)C(=O)OC(C)(C)C)CC1. The van der Waals surface area contributed by atoms with Gasteiger partial charge < -0.3 is 19.5 Å². The number of amides is 2. The van der Waals surface area contributed by atoms with Crippen molar-refractivity contribution in [3.8, 4) is 0 Å². The van der Waals surface area contributed by atoms with Crippen molar-refractivity contribution in [3.63, 3.8) is 0 Å². The Balaban J connectivity index is 1.43. The summed E-state index contributed by atoms with van der Waals surface area (Å²) in [6.45, 7) is 11.5. The van der Waals surface area contributed by atoms with E-state index in [9.17, 15) is 9.59 Å². The number of carbonyl (C=O) groups is 2. The Morgan fingerprint density at radius 1 is 1.19 bits per heavy atom. The quantitative estimate of drug-likeness (QED) is 0.467. The molecule has 1 aromatic heterocycles. The first kappa shape index (κ1) is 26.8. The number of hydrogen-bond donors (Lipinski definition) is 1. The van der Waals surface area contributed by atoms with Crippen molar-refractivity contribution in [1.29, 1.82) is 0 Å². The second kappa shape index (κ2) is 10.6. The van der Waals surface area contributed by atoms with Crippen LogP contribution in [0.25, 0.3) is 10.9 Å². The molecule has 1 N–H and O–H groups in total. The second-order valence-electron chi connectivity index (χ2n) is 12.2. The molecule has 0 radical (unpaired) electrons. The van der Waals surface area contributed by atoms with Gasteiger partial charge >= 0.3 is 6.09 Å². The molecule has 0 saturated heterocycles. The summed E-state index contributed by atoms with van der Waals surface area (Å²) < 4.78 is 5.50. The molecule has 1 aliphatic heterocycles. The summed E-state index contributed by atoms with van der Waals surface area (Å²) in [5, 5.41) is 1.92. The number of para-hydroxylation sites is 1. The molecule has 0 spiro atoms. The summed E-state index contributed by atoms with van der Waals surface area (Å²) in [5.41, 5.74) is 2.98. The van der Waals surface area contributed by atoms with Gasteiger partial charge in [-0.2, -0.15) is 0 Å². The minimum atomic E-state index is -0.493. The van der Waals surface area contributed by atoms with Crippen LogP contribution in [0.5, 0.6) is 0 Å². The number of aromatic amines is 1. The third kappa shape index (κ3) is 5.85. The van der Waals surface area contributed by atoms with Gasteiger partial charge in [0.25, 0.3) is 0 Å². The molecule has 1 aromatic carbocycles. The second-order valence-corrected chi connectivity index (χ2v) is 12.6. The average molecular weight is 516 g/mol. The zero-order valence-corrected chi connectivity index (χ0v) is 23.5. The van der Waals surface area contributed by atoms with E-state index < -0.39 is 5.60 Å². The number of benzene rings is 1. The van der Waals surface area contributed by atoms with E-state index in [2.05, 4.69) is 29.8 Å². The van der Waals surface area contributed by atoms with Crippen LogP contribution in [0, 0.1) is 17.8 Å². The van der Waals surface area contributed by atoms with E-state index in [1.807, 2.05) is 32.9 Å². The molecule has 2 aromatic rings. The zero-order valence-electron chi connectivity index (χ0n) is 22.7. The van der Waals surface area contributed by atoms with Crippen molar-refractivity contribution in [2.45, 2.75) is 84.8 Å². The van der Waals surface area contributed by atoms with Crippen molar-refractivity contribution >= 4 is 34.5 Å². The van der Waals surface area contributed by atoms with Gasteiger partial charge in [-0.3, -0.25) is 4.79 Å². The third-order valence-corrected chi connectivity index (χ3v) is 7.96. The predicted octanol–water partition coefficient (Wildman–Crippen LogP) is 6.97. The van der Waals surface area contributed by atoms with Crippen LogP contribution in [-0.2, 0) is 16.0 Å². The lowest BCUT2D eigenvalue weighted by Gasteiger charge is -2.40. The normalized spacial score (nSPS) is 22.6. The van der Waals surface area contributed by atoms with Gasteiger partial charge in [0.05, 0.1) is 16.6 Å². The van der Waals surface area contributed by atoms with Crippen LogP contribution in [0.3, 0.4) is 0 Å². The van der Waals surface area contributed by atoms with E-state index in [1.54, 1.807) is 11.9 Å². The number of H-pyrrole nitrogens is 1. The molecular weight excluding hydrogens is 474 g/mol. The van der Waals surface area contributed by atoms with Crippen LogP contribution in [-0.4, -0.2) is 52.5 Å². The molecule has 6 nitrogen and oxygen atoms in total. The van der Waals surface area contributed by atoms with E-state index in [4.69, 9.17) is 16.3 Å². The molecule has 36 heavy (non-hydrogen) atoms. The van der Waals surface area contributed by atoms with Gasteiger partial charge in [-0.15, -0.1) is 0 Å². The molecule has 2 amide bonds. The smallest absolute Gasteiger partial charge is 0.410 e. The topological polar surface area (TPSA) is 65.6 Å². The Morgan fingerprint density at radius 3 is 2.53 bits per heavy atom. The van der Waals surface area contributed by atoms with Crippen LogP contribution < -0.4 is 0 Å². The largest absolute Gasteiger partial charge is 0.444 e. The molecular formula is C29H42ClN3O3. The lowest BCUT2D eigenvalue weighted by molar-refractivity contribution is -0.140. The van der Waals surface area contributed by atoms with Crippen molar-refractivity contribution in [3.05, 3.63) is 34.5 Å². The Labute approximate surface area is 220 Å². The molecule has 1 fully saturated rings. The van der Waals surface area contributed by atoms with Gasteiger partial charge in [-0.1, -0.05) is 37.6 Å². The third-order valence-electron chi connectivity index (χ3n) is 7.65. The highest BCUT2D eigenvalue weighted by Gasteiger charge is 2.38. The highest BCUT2D eigenvalue weighted by Crippen LogP contribution is 2.41. The fraction of sp³-hybridized carbons (Fsp3) is 0.655. The van der Waals surface area contributed by atoms with E-state index in [0.717, 1.165) is 55.6 Å². The standard InChI is InChI=1S/C29H42ClN3O3/c1-18(2)16-24-26-22(21-8-7-9-23(30)25(21)31-26)14-15-33(24)27(34)20-12-10-19(11-13-20)17-32(6)28(35)36-29(3,4)5/h7-9,18-20,24,31H,10-17H2,1-6H3. The monoisotopic (exact) mass is 515 g/mol. The van der Waals surface area contributed by atoms with Crippen LogP contribution in [0.1, 0.15) is 84.0 Å². The first-order chi connectivity index (χ1) is 16.9. The first-order valence-corrected chi connectivity index (χ1v) is 13.9. The highest BCUT2D eigenvalue weighted by atomic mass is 35.5. The highest BCUT2D eigenvalue weighted by molar-refractivity contribution is 6.35. The van der Waals surface area contributed by atoms with Crippen molar-refractivity contribution < 1.29 is 14.3 Å². The Hall–Kier alpha value is -2.21. The number of halogens is 1. The molecule has 7 heteroatoms.